The molecule has 0 spiro atoms. The fourth-order valence-corrected chi connectivity index (χ4v) is 7.49. The first-order valence-corrected chi connectivity index (χ1v) is 14.1. The van der Waals surface area contributed by atoms with Gasteiger partial charge in [-0.3, -0.25) is 9.10 Å². The second-order valence-corrected chi connectivity index (χ2v) is 12.1. The highest BCUT2D eigenvalue weighted by Crippen LogP contribution is 2.46. The Bertz CT molecular complexity index is 1600. The van der Waals surface area contributed by atoms with Gasteiger partial charge in [0.1, 0.15) is 5.82 Å². The molecule has 1 aliphatic heterocycles. The highest BCUT2D eigenvalue weighted by molar-refractivity contribution is 7.93. The van der Waals surface area contributed by atoms with Gasteiger partial charge in [0.05, 0.1) is 32.6 Å². The number of hydrogen-bond acceptors (Lipinski definition) is 3. The summed E-state index contributed by atoms with van der Waals surface area (Å²) in [6.07, 6.45) is -3.08. The van der Waals surface area contributed by atoms with Crippen molar-refractivity contribution in [3.05, 3.63) is 93.8 Å². The molecule has 11 heteroatoms. The van der Waals surface area contributed by atoms with Crippen molar-refractivity contribution in [3.8, 4) is 0 Å². The fourth-order valence-electron chi connectivity index (χ4n) is 5.20. The Morgan fingerprint density at radius 3 is 2.42 bits per heavy atom. The van der Waals surface area contributed by atoms with Gasteiger partial charge < -0.3 is 5.11 Å². The fraction of sp³-hybridized carbons (Fsp3) is 0.276. The maximum atomic E-state index is 14.5. The summed E-state index contributed by atoms with van der Waals surface area (Å²) in [5.41, 5.74) is -0.871. The van der Waals surface area contributed by atoms with E-state index in [2.05, 4.69) is 0 Å². The highest BCUT2D eigenvalue weighted by Gasteiger charge is 2.52. The van der Waals surface area contributed by atoms with Crippen LogP contribution < -0.4 is 4.31 Å². The molecule has 1 N–H and O–H groups in total. The zero-order chi connectivity index (χ0) is 29.6. The van der Waals surface area contributed by atoms with Gasteiger partial charge in [-0.15, -0.1) is 0 Å². The molecule has 0 aliphatic carbocycles. The lowest BCUT2D eigenvalue weighted by Crippen LogP contribution is -2.59. The first kappa shape index (κ1) is 29.6. The van der Waals surface area contributed by atoms with Gasteiger partial charge in [0, 0.05) is 5.56 Å². The number of carbonyl (C=O) groups is 1. The molecular formula is C29H26ClF4NO4S. The Hall–Kier alpha value is -3.37. The predicted octanol–water partition coefficient (Wildman–Crippen LogP) is 7.68. The van der Waals surface area contributed by atoms with Crippen molar-refractivity contribution >= 4 is 44.9 Å². The second kappa shape index (κ2) is 10.6. The smallest absolute Gasteiger partial charge is 0.416 e. The summed E-state index contributed by atoms with van der Waals surface area (Å²) in [7, 11) is -4.65. The van der Waals surface area contributed by atoms with Crippen LogP contribution in [-0.4, -0.2) is 25.0 Å². The van der Waals surface area contributed by atoms with E-state index < -0.39 is 49.9 Å². The molecule has 1 aliphatic rings. The third-order valence-corrected chi connectivity index (χ3v) is 9.67. The Labute approximate surface area is 234 Å². The molecule has 1 heterocycles. The van der Waals surface area contributed by atoms with Crippen LogP contribution in [0.3, 0.4) is 0 Å². The number of rotatable bonds is 6. The van der Waals surface area contributed by atoms with Crippen LogP contribution in [0.2, 0.25) is 5.02 Å². The van der Waals surface area contributed by atoms with Gasteiger partial charge >= 0.3 is 12.1 Å². The van der Waals surface area contributed by atoms with Crippen molar-refractivity contribution in [2.45, 2.75) is 50.2 Å². The van der Waals surface area contributed by atoms with E-state index in [-0.39, 0.29) is 29.1 Å². The van der Waals surface area contributed by atoms with Crippen molar-refractivity contribution in [1.82, 2.24) is 0 Å². The van der Waals surface area contributed by atoms with Crippen molar-refractivity contribution < 1.29 is 35.9 Å². The highest BCUT2D eigenvalue weighted by atomic mass is 35.5. The van der Waals surface area contributed by atoms with E-state index in [9.17, 15) is 35.9 Å². The average molecular weight is 596 g/mol. The predicted molar refractivity (Wildman–Crippen MR) is 146 cm³/mol. The van der Waals surface area contributed by atoms with Crippen LogP contribution in [0.25, 0.3) is 11.6 Å². The minimum Gasteiger partial charge on any atom is -0.481 e. The van der Waals surface area contributed by atoms with E-state index in [4.69, 9.17) is 11.6 Å². The summed E-state index contributed by atoms with van der Waals surface area (Å²) in [5.74, 6) is -2.97. The van der Waals surface area contributed by atoms with Crippen LogP contribution in [0, 0.1) is 11.7 Å². The number of fused-ring (bicyclic) bond motifs is 1. The van der Waals surface area contributed by atoms with Crippen molar-refractivity contribution in [3.63, 3.8) is 0 Å². The molecule has 0 unspecified atom stereocenters. The van der Waals surface area contributed by atoms with E-state index in [0.717, 1.165) is 22.5 Å². The Morgan fingerprint density at radius 2 is 1.82 bits per heavy atom. The molecular weight excluding hydrogens is 570 g/mol. The number of carboxylic acids is 1. The summed E-state index contributed by atoms with van der Waals surface area (Å²) in [5, 5.41) is 10.3. The normalized spacial score (nSPS) is 19.9. The van der Waals surface area contributed by atoms with Gasteiger partial charge in [-0.25, -0.2) is 12.8 Å². The number of benzene rings is 3. The van der Waals surface area contributed by atoms with Gasteiger partial charge in [0.2, 0.25) is 0 Å². The molecule has 3 aromatic carbocycles. The number of aliphatic carboxylic acids is 1. The molecule has 0 saturated heterocycles. The lowest BCUT2D eigenvalue weighted by atomic mass is 9.75. The molecule has 4 rings (SSSR count). The van der Waals surface area contributed by atoms with Crippen molar-refractivity contribution in [2.24, 2.45) is 5.92 Å². The minimum atomic E-state index is -4.77. The van der Waals surface area contributed by atoms with Crippen LogP contribution in [0.1, 0.15) is 49.4 Å². The molecule has 0 bridgehead atoms. The van der Waals surface area contributed by atoms with Gasteiger partial charge in [0.25, 0.3) is 10.0 Å². The Kier molecular flexibility index (Phi) is 7.81. The van der Waals surface area contributed by atoms with Gasteiger partial charge in [-0.05, 0) is 85.9 Å². The van der Waals surface area contributed by atoms with Crippen LogP contribution in [0.5, 0.6) is 0 Å². The zero-order valence-corrected chi connectivity index (χ0v) is 23.3. The summed E-state index contributed by atoms with van der Waals surface area (Å²) in [4.78, 5) is 11.8. The molecule has 212 valence electrons. The standard InChI is InChI=1S/C29H26ClF4NO4S/c1-4-28(3)22(27(36)37)15-19-14-18(13-17(2)26-23(30)9-6-10-24(26)31)11-12-25(19)35(28)40(38,39)21-8-5-7-20(16-21)29(32,33)34/h5-14,16,22H,4,15H2,1-3H3,(H,36,37)/b17-13+/t22-,28+/m0/s1. The number of halogens is 5. The minimum absolute atomic E-state index is 0.0230. The zero-order valence-electron chi connectivity index (χ0n) is 21.8. The number of nitrogens with zero attached hydrogens (tertiary/aromatic N) is 1. The average Bonchev–Trinajstić information content (AvgIpc) is 2.87. The van der Waals surface area contributed by atoms with Crippen molar-refractivity contribution in [1.29, 1.82) is 0 Å². The maximum Gasteiger partial charge on any atom is 0.416 e. The van der Waals surface area contributed by atoms with E-state index in [0.29, 0.717) is 22.8 Å². The van der Waals surface area contributed by atoms with Crippen molar-refractivity contribution in [2.75, 3.05) is 4.31 Å². The number of allylic oxidation sites excluding steroid dienone is 1. The summed E-state index contributed by atoms with van der Waals surface area (Å²) >= 11 is 6.18. The van der Waals surface area contributed by atoms with Gasteiger partial charge in [-0.1, -0.05) is 42.8 Å². The van der Waals surface area contributed by atoms with Crippen LogP contribution in [-0.2, 0) is 27.4 Å². The topological polar surface area (TPSA) is 74.7 Å². The number of anilines is 1. The molecule has 5 nitrogen and oxygen atoms in total. The van der Waals surface area contributed by atoms with E-state index >= 15 is 0 Å². The first-order chi connectivity index (χ1) is 18.6. The molecule has 0 amide bonds. The molecule has 0 aromatic heterocycles. The van der Waals surface area contributed by atoms with Crippen LogP contribution in [0.4, 0.5) is 23.2 Å². The largest absolute Gasteiger partial charge is 0.481 e. The maximum absolute atomic E-state index is 14.5. The van der Waals surface area contributed by atoms with Gasteiger partial charge in [-0.2, -0.15) is 13.2 Å². The second-order valence-electron chi connectivity index (χ2n) is 9.91. The lowest BCUT2D eigenvalue weighted by Gasteiger charge is -2.49. The molecule has 40 heavy (non-hydrogen) atoms. The molecule has 0 radical (unpaired) electrons. The number of alkyl halides is 3. The number of carboxylic acid groups (broad SMARTS) is 1. The molecule has 0 fully saturated rings. The van der Waals surface area contributed by atoms with Crippen LogP contribution >= 0.6 is 11.6 Å². The third kappa shape index (κ3) is 5.22. The van der Waals surface area contributed by atoms with E-state index in [1.807, 2.05) is 0 Å². The van der Waals surface area contributed by atoms with E-state index in [1.165, 1.54) is 25.1 Å². The molecule has 3 aromatic rings. The van der Waals surface area contributed by atoms with E-state index in [1.54, 1.807) is 38.1 Å². The Balaban J connectivity index is 1.90. The lowest BCUT2D eigenvalue weighted by molar-refractivity contribution is -0.144. The summed E-state index contributed by atoms with van der Waals surface area (Å²) < 4.78 is 83.6. The third-order valence-electron chi connectivity index (χ3n) is 7.41. The number of sulfonamides is 1. The summed E-state index contributed by atoms with van der Waals surface area (Å²) in [6, 6.07) is 12.4. The first-order valence-electron chi connectivity index (χ1n) is 12.3. The van der Waals surface area contributed by atoms with Crippen LogP contribution in [0.15, 0.2) is 65.6 Å². The Morgan fingerprint density at radius 1 is 1.15 bits per heavy atom. The molecule has 0 saturated carbocycles. The monoisotopic (exact) mass is 595 g/mol. The number of hydrogen-bond donors (Lipinski definition) is 1. The van der Waals surface area contributed by atoms with Gasteiger partial charge in [0.15, 0.2) is 0 Å². The summed E-state index contributed by atoms with van der Waals surface area (Å²) in [6.45, 7) is 4.77. The quantitative estimate of drug-likeness (QED) is 0.234. The molecule has 2 atom stereocenters. The SMILES string of the molecule is CC[C@]1(C)[C@H](C(=O)O)Cc2cc(/C=C(\C)c3c(F)cccc3Cl)ccc2N1S(=O)(=O)c1cccc(C(F)(F)F)c1.